The van der Waals surface area contributed by atoms with E-state index in [1.165, 1.54) is 4.57 Å². The van der Waals surface area contributed by atoms with E-state index in [-0.39, 0.29) is 5.91 Å². The molecule has 5 aromatic rings. The largest absolute Gasteiger partial charge is 0.424 e. The van der Waals surface area contributed by atoms with Crippen molar-refractivity contribution in [2.45, 2.75) is 13.8 Å². The molecule has 0 unspecified atom stereocenters. The van der Waals surface area contributed by atoms with Crippen LogP contribution in [0, 0.1) is 13.8 Å². The van der Waals surface area contributed by atoms with Crippen molar-refractivity contribution < 1.29 is 9.21 Å². The molecular weight excluding hydrogens is 414 g/mol. The minimum Gasteiger partial charge on any atom is -0.407 e. The number of amides is 1. The Kier molecular flexibility index (Phi) is 5.11. The molecule has 0 fully saturated rings. The number of para-hydroxylation sites is 1. The van der Waals surface area contributed by atoms with Crippen molar-refractivity contribution in [1.29, 1.82) is 0 Å². The summed E-state index contributed by atoms with van der Waals surface area (Å²) in [6.07, 6.45) is 3.26. The van der Waals surface area contributed by atoms with Crippen LogP contribution in [0.5, 0.6) is 0 Å². The molecule has 0 radical (unpaired) electrons. The van der Waals surface area contributed by atoms with Gasteiger partial charge in [-0.05, 0) is 61.4 Å². The third kappa shape index (κ3) is 3.83. The second-order valence-electron chi connectivity index (χ2n) is 7.92. The zero-order valence-corrected chi connectivity index (χ0v) is 18.2. The van der Waals surface area contributed by atoms with E-state index in [4.69, 9.17) is 4.42 Å². The lowest BCUT2D eigenvalue weighted by atomic mass is 9.98. The minimum atomic E-state index is -0.491. The molecule has 6 nitrogen and oxygen atoms in total. The Morgan fingerprint density at radius 2 is 1.79 bits per heavy atom. The highest BCUT2D eigenvalue weighted by Gasteiger charge is 2.17. The van der Waals surface area contributed by atoms with E-state index < -0.39 is 5.76 Å². The lowest BCUT2D eigenvalue weighted by Crippen LogP contribution is -2.13. The van der Waals surface area contributed by atoms with Crippen LogP contribution in [0.3, 0.4) is 0 Å². The van der Waals surface area contributed by atoms with E-state index in [0.29, 0.717) is 22.4 Å². The number of carbonyl (C=O) groups is 1. The molecule has 0 bridgehead atoms. The number of rotatable bonds is 4. The number of nitrogens with one attached hydrogen (secondary N) is 1. The summed E-state index contributed by atoms with van der Waals surface area (Å²) in [6.45, 7) is 3.90. The molecule has 1 N–H and O–H groups in total. The molecule has 0 saturated heterocycles. The van der Waals surface area contributed by atoms with Crippen molar-refractivity contribution in [3.05, 3.63) is 112 Å². The Labute approximate surface area is 190 Å². The summed E-state index contributed by atoms with van der Waals surface area (Å²) in [4.78, 5) is 29.8. The van der Waals surface area contributed by atoms with Gasteiger partial charge in [-0.25, -0.2) is 9.36 Å². The van der Waals surface area contributed by atoms with Gasteiger partial charge in [-0.3, -0.25) is 9.78 Å². The maximum absolute atomic E-state index is 13.0. The average molecular weight is 435 g/mol. The van der Waals surface area contributed by atoms with E-state index in [0.717, 1.165) is 27.9 Å². The van der Waals surface area contributed by atoms with Gasteiger partial charge >= 0.3 is 5.76 Å². The summed E-state index contributed by atoms with van der Waals surface area (Å²) in [5.41, 5.74) is 6.50. The molecule has 2 heterocycles. The van der Waals surface area contributed by atoms with Gasteiger partial charge in [0, 0.05) is 23.0 Å². The molecule has 0 saturated carbocycles. The second-order valence-corrected chi connectivity index (χ2v) is 7.92. The summed E-state index contributed by atoms with van der Waals surface area (Å²) in [7, 11) is 0. The molecule has 0 aliphatic carbocycles. The fraction of sp³-hybridized carbons (Fsp3) is 0.0741. The third-order valence-corrected chi connectivity index (χ3v) is 5.61. The number of pyridine rings is 1. The SMILES string of the molecule is Cc1ccc(NC(=O)c2cc(-c3cccc4c3oc(=O)n4-c3cccnc3)ccc2C)cc1. The van der Waals surface area contributed by atoms with Gasteiger partial charge in [0.1, 0.15) is 0 Å². The maximum atomic E-state index is 13.0. The van der Waals surface area contributed by atoms with E-state index in [2.05, 4.69) is 10.3 Å². The Morgan fingerprint density at radius 1 is 0.970 bits per heavy atom. The van der Waals surface area contributed by atoms with Gasteiger partial charge in [-0.15, -0.1) is 0 Å². The number of fused-ring (bicyclic) bond motifs is 1. The number of aromatic nitrogens is 2. The predicted molar refractivity (Wildman–Crippen MR) is 129 cm³/mol. The van der Waals surface area contributed by atoms with E-state index in [9.17, 15) is 9.59 Å². The van der Waals surface area contributed by atoms with Crippen LogP contribution in [0.4, 0.5) is 5.69 Å². The van der Waals surface area contributed by atoms with Gasteiger partial charge in [-0.2, -0.15) is 0 Å². The van der Waals surface area contributed by atoms with Gasteiger partial charge in [0.05, 0.1) is 17.4 Å². The number of oxazole rings is 1. The molecule has 6 heteroatoms. The normalized spacial score (nSPS) is 11.0. The van der Waals surface area contributed by atoms with Crippen molar-refractivity contribution in [3.63, 3.8) is 0 Å². The van der Waals surface area contributed by atoms with Gasteiger partial charge in [0.15, 0.2) is 5.58 Å². The van der Waals surface area contributed by atoms with Crippen LogP contribution in [0.15, 0.2) is 94.4 Å². The number of nitrogens with zero attached hydrogens (tertiary/aromatic N) is 2. The van der Waals surface area contributed by atoms with Crippen LogP contribution >= 0.6 is 0 Å². The van der Waals surface area contributed by atoms with Crippen LogP contribution in [0.25, 0.3) is 27.9 Å². The second kappa shape index (κ2) is 8.24. The number of aryl methyl sites for hydroxylation is 2. The van der Waals surface area contributed by atoms with Crippen molar-refractivity contribution >= 4 is 22.7 Å². The van der Waals surface area contributed by atoms with Crippen LogP contribution in [-0.2, 0) is 0 Å². The molecule has 0 atom stereocenters. The molecule has 5 rings (SSSR count). The highest BCUT2D eigenvalue weighted by atomic mass is 16.4. The standard InChI is InChI=1S/C27H21N3O3/c1-17-8-12-20(13-9-17)29-26(31)23-15-19(11-10-18(23)2)22-6-3-7-24-25(22)33-27(32)30(24)21-5-4-14-28-16-21/h3-16H,1-2H3,(H,29,31). The van der Waals surface area contributed by atoms with Gasteiger partial charge in [0.2, 0.25) is 0 Å². The summed E-state index contributed by atoms with van der Waals surface area (Å²) in [5.74, 6) is -0.685. The predicted octanol–water partition coefficient (Wildman–Crippen LogP) is 5.51. The minimum absolute atomic E-state index is 0.195. The number of hydrogen-bond donors (Lipinski definition) is 1. The highest BCUT2D eigenvalue weighted by Crippen LogP contribution is 2.31. The quantitative estimate of drug-likeness (QED) is 0.404. The lowest BCUT2D eigenvalue weighted by Gasteiger charge is -2.11. The van der Waals surface area contributed by atoms with Crippen LogP contribution < -0.4 is 11.1 Å². The van der Waals surface area contributed by atoms with Crippen molar-refractivity contribution in [2.24, 2.45) is 0 Å². The first-order valence-corrected chi connectivity index (χ1v) is 10.6. The monoisotopic (exact) mass is 435 g/mol. The molecule has 3 aromatic carbocycles. The van der Waals surface area contributed by atoms with Gasteiger partial charge in [-0.1, -0.05) is 42.0 Å². The molecule has 1 amide bonds. The van der Waals surface area contributed by atoms with Crippen molar-refractivity contribution in [3.8, 4) is 16.8 Å². The van der Waals surface area contributed by atoms with Crippen molar-refractivity contribution in [2.75, 3.05) is 5.32 Å². The first-order valence-electron chi connectivity index (χ1n) is 10.6. The molecule has 0 aliphatic rings. The first kappa shape index (κ1) is 20.5. The lowest BCUT2D eigenvalue weighted by molar-refractivity contribution is 0.102. The van der Waals surface area contributed by atoms with Crippen molar-refractivity contribution in [1.82, 2.24) is 9.55 Å². The van der Waals surface area contributed by atoms with Crippen LogP contribution in [-0.4, -0.2) is 15.5 Å². The Hall–Kier alpha value is -4.45. The number of hydrogen-bond acceptors (Lipinski definition) is 4. The van der Waals surface area contributed by atoms with Crippen LogP contribution in [0.1, 0.15) is 21.5 Å². The highest BCUT2D eigenvalue weighted by molar-refractivity contribution is 6.06. The topological polar surface area (TPSA) is 77.1 Å². The first-order chi connectivity index (χ1) is 16.0. The van der Waals surface area contributed by atoms with Gasteiger partial charge < -0.3 is 9.73 Å². The van der Waals surface area contributed by atoms with Gasteiger partial charge in [0.25, 0.3) is 5.91 Å². The molecule has 0 aliphatic heterocycles. The zero-order valence-electron chi connectivity index (χ0n) is 18.2. The molecule has 2 aromatic heterocycles. The smallest absolute Gasteiger partial charge is 0.407 e. The summed E-state index contributed by atoms with van der Waals surface area (Å²) in [5, 5.41) is 2.95. The average Bonchev–Trinajstić information content (AvgIpc) is 3.17. The summed E-state index contributed by atoms with van der Waals surface area (Å²) in [6, 6.07) is 22.5. The fourth-order valence-corrected chi connectivity index (χ4v) is 3.87. The summed E-state index contributed by atoms with van der Waals surface area (Å²) < 4.78 is 7.15. The Bertz CT molecular complexity index is 1530. The molecule has 0 spiro atoms. The van der Waals surface area contributed by atoms with E-state index in [1.54, 1.807) is 24.5 Å². The Balaban J connectivity index is 1.58. The van der Waals surface area contributed by atoms with E-state index in [1.807, 2.05) is 74.5 Å². The molecule has 33 heavy (non-hydrogen) atoms. The molecular formula is C27H21N3O3. The fourth-order valence-electron chi connectivity index (χ4n) is 3.87. The van der Waals surface area contributed by atoms with Crippen LogP contribution in [0.2, 0.25) is 0 Å². The summed E-state index contributed by atoms with van der Waals surface area (Å²) >= 11 is 0. The molecule has 162 valence electrons. The third-order valence-electron chi connectivity index (χ3n) is 5.61. The Morgan fingerprint density at radius 3 is 2.55 bits per heavy atom. The van der Waals surface area contributed by atoms with E-state index >= 15 is 0 Å². The number of benzene rings is 3. The maximum Gasteiger partial charge on any atom is 0.424 e. The number of anilines is 1. The zero-order chi connectivity index (χ0) is 22.9. The number of carbonyl (C=O) groups excluding carboxylic acids is 1.